The molecule has 0 spiro atoms. The molecule has 0 aromatic carbocycles. The average Bonchev–Trinajstić information content (AvgIpc) is 2.97. The summed E-state index contributed by atoms with van der Waals surface area (Å²) in [5, 5.41) is 7.39. The first kappa shape index (κ1) is 13.2. The van der Waals surface area contributed by atoms with Crippen LogP contribution in [-0.2, 0) is 4.74 Å². The number of rotatable bonds is 3. The van der Waals surface area contributed by atoms with Gasteiger partial charge in [0.2, 0.25) is 11.7 Å². The molecule has 0 amide bonds. The van der Waals surface area contributed by atoms with Crippen molar-refractivity contribution in [3.63, 3.8) is 0 Å². The van der Waals surface area contributed by atoms with Crippen LogP contribution in [-0.4, -0.2) is 41.4 Å². The predicted molar refractivity (Wildman–Crippen MR) is 73.3 cm³/mol. The molecule has 2 unspecified atom stereocenters. The van der Waals surface area contributed by atoms with Crippen LogP contribution in [0.1, 0.15) is 23.8 Å². The number of nitrogens with zero attached hydrogens (tertiary/aromatic N) is 3. The predicted octanol–water partition coefficient (Wildman–Crippen LogP) is 1.53. The second-order valence-corrected chi connectivity index (χ2v) is 5.01. The van der Waals surface area contributed by atoms with Gasteiger partial charge in [0.15, 0.2) is 0 Å². The molecule has 3 heterocycles. The van der Waals surface area contributed by atoms with Crippen LogP contribution in [0.3, 0.4) is 0 Å². The summed E-state index contributed by atoms with van der Waals surface area (Å²) in [6.07, 6.45) is 4.48. The van der Waals surface area contributed by atoms with Crippen LogP contribution < -0.4 is 5.32 Å². The zero-order valence-electron chi connectivity index (χ0n) is 11.7. The number of pyridine rings is 1. The molecular weight excluding hydrogens is 256 g/mol. The molecule has 20 heavy (non-hydrogen) atoms. The van der Waals surface area contributed by atoms with Gasteiger partial charge in [-0.05, 0) is 32.0 Å². The Morgan fingerprint density at radius 1 is 1.40 bits per heavy atom. The third-order valence-corrected chi connectivity index (χ3v) is 3.75. The smallest absolute Gasteiger partial charge is 0.233 e. The van der Waals surface area contributed by atoms with Crippen molar-refractivity contribution in [1.82, 2.24) is 20.4 Å². The first-order chi connectivity index (χ1) is 9.79. The van der Waals surface area contributed by atoms with E-state index in [0.29, 0.717) is 24.4 Å². The van der Waals surface area contributed by atoms with E-state index >= 15 is 0 Å². The lowest BCUT2D eigenvalue weighted by Crippen LogP contribution is -2.39. The monoisotopic (exact) mass is 274 g/mol. The number of nitrogens with one attached hydrogen (secondary N) is 1. The van der Waals surface area contributed by atoms with Crippen molar-refractivity contribution >= 4 is 0 Å². The highest BCUT2D eigenvalue weighted by Crippen LogP contribution is 2.27. The second-order valence-electron chi connectivity index (χ2n) is 5.01. The Morgan fingerprint density at radius 2 is 2.30 bits per heavy atom. The Hall–Kier alpha value is -1.79. The molecule has 6 nitrogen and oxygen atoms in total. The van der Waals surface area contributed by atoms with Crippen molar-refractivity contribution in [3.8, 4) is 11.4 Å². The van der Waals surface area contributed by atoms with Crippen LogP contribution in [0.5, 0.6) is 0 Å². The summed E-state index contributed by atoms with van der Waals surface area (Å²) in [4.78, 5) is 8.61. The number of hydrogen-bond donors (Lipinski definition) is 1. The highest BCUT2D eigenvalue weighted by Gasteiger charge is 2.30. The molecule has 0 saturated carbocycles. The van der Waals surface area contributed by atoms with Crippen molar-refractivity contribution in [3.05, 3.63) is 29.9 Å². The quantitative estimate of drug-likeness (QED) is 0.915. The largest absolute Gasteiger partial charge is 0.381 e. The fraction of sp³-hybridized carbons (Fsp3) is 0.500. The third-order valence-electron chi connectivity index (χ3n) is 3.75. The van der Waals surface area contributed by atoms with Crippen LogP contribution in [0.25, 0.3) is 11.4 Å². The van der Waals surface area contributed by atoms with Crippen molar-refractivity contribution in [2.75, 3.05) is 20.3 Å². The van der Waals surface area contributed by atoms with Gasteiger partial charge in [-0.25, -0.2) is 0 Å². The van der Waals surface area contributed by atoms with Crippen LogP contribution >= 0.6 is 0 Å². The van der Waals surface area contributed by atoms with E-state index in [4.69, 9.17) is 9.26 Å². The maximum atomic E-state index is 5.53. The van der Waals surface area contributed by atoms with Crippen molar-refractivity contribution in [2.45, 2.75) is 25.3 Å². The van der Waals surface area contributed by atoms with E-state index in [0.717, 1.165) is 24.2 Å². The highest BCUT2D eigenvalue weighted by molar-refractivity contribution is 5.58. The molecule has 1 saturated heterocycles. The van der Waals surface area contributed by atoms with Crippen LogP contribution in [0, 0.1) is 6.92 Å². The van der Waals surface area contributed by atoms with Crippen LogP contribution in [0.2, 0.25) is 0 Å². The van der Waals surface area contributed by atoms with E-state index in [2.05, 4.69) is 20.4 Å². The third kappa shape index (κ3) is 2.44. The minimum Gasteiger partial charge on any atom is -0.381 e. The average molecular weight is 274 g/mol. The van der Waals surface area contributed by atoms with E-state index in [1.54, 1.807) is 12.4 Å². The summed E-state index contributed by atoms with van der Waals surface area (Å²) >= 11 is 0. The zero-order chi connectivity index (χ0) is 13.9. The minimum absolute atomic E-state index is 0.108. The van der Waals surface area contributed by atoms with E-state index < -0.39 is 0 Å². The van der Waals surface area contributed by atoms with E-state index in [1.807, 2.05) is 20.0 Å². The Balaban J connectivity index is 1.88. The molecule has 0 radical (unpaired) electrons. The molecule has 1 aliphatic heterocycles. The molecule has 0 bridgehead atoms. The summed E-state index contributed by atoms with van der Waals surface area (Å²) in [5.74, 6) is 1.35. The standard InChI is InChI=1S/C14H18N4O2/c1-9-7-16-5-3-10(9)13-17-14(20-18-13)11-8-19-6-4-12(11)15-2/h3,5,7,11-12,15H,4,6,8H2,1-2H3. The fourth-order valence-corrected chi connectivity index (χ4v) is 2.55. The van der Waals surface area contributed by atoms with Crippen LogP contribution in [0.4, 0.5) is 0 Å². The van der Waals surface area contributed by atoms with E-state index in [1.165, 1.54) is 0 Å². The Bertz CT molecular complexity index is 584. The zero-order valence-corrected chi connectivity index (χ0v) is 11.7. The maximum absolute atomic E-state index is 5.53. The summed E-state index contributed by atoms with van der Waals surface area (Å²) in [7, 11) is 1.95. The topological polar surface area (TPSA) is 73.1 Å². The number of hydrogen-bond acceptors (Lipinski definition) is 6. The molecule has 106 valence electrons. The summed E-state index contributed by atoms with van der Waals surface area (Å²) in [6.45, 7) is 3.37. The molecule has 3 rings (SSSR count). The summed E-state index contributed by atoms with van der Waals surface area (Å²) in [5.41, 5.74) is 1.98. The SMILES string of the molecule is CNC1CCOCC1c1nc(-c2ccncc2C)no1. The molecule has 1 fully saturated rings. The summed E-state index contributed by atoms with van der Waals surface area (Å²) < 4.78 is 11.0. The van der Waals surface area contributed by atoms with Gasteiger partial charge in [0.05, 0.1) is 12.5 Å². The van der Waals surface area contributed by atoms with Crippen LogP contribution in [0.15, 0.2) is 23.0 Å². The van der Waals surface area contributed by atoms with Crippen molar-refractivity contribution in [1.29, 1.82) is 0 Å². The van der Waals surface area contributed by atoms with Gasteiger partial charge in [-0.1, -0.05) is 5.16 Å². The highest BCUT2D eigenvalue weighted by atomic mass is 16.5. The van der Waals surface area contributed by atoms with Gasteiger partial charge >= 0.3 is 0 Å². The Morgan fingerprint density at radius 3 is 3.10 bits per heavy atom. The number of aryl methyl sites for hydroxylation is 1. The van der Waals surface area contributed by atoms with Gasteiger partial charge in [0.25, 0.3) is 0 Å². The maximum Gasteiger partial charge on any atom is 0.233 e. The molecule has 2 atom stereocenters. The lowest BCUT2D eigenvalue weighted by atomic mass is 9.96. The number of likely N-dealkylation sites (N-methyl/N-ethyl adjacent to an activating group) is 1. The first-order valence-electron chi connectivity index (χ1n) is 6.79. The molecule has 6 heteroatoms. The first-order valence-corrected chi connectivity index (χ1v) is 6.79. The number of aromatic nitrogens is 3. The second kappa shape index (κ2) is 5.68. The van der Waals surface area contributed by atoms with Crippen molar-refractivity contribution < 1.29 is 9.26 Å². The Kier molecular flexibility index (Phi) is 3.75. The van der Waals surface area contributed by atoms with Gasteiger partial charge in [0, 0.05) is 30.6 Å². The van der Waals surface area contributed by atoms with E-state index in [9.17, 15) is 0 Å². The molecule has 2 aromatic rings. The van der Waals surface area contributed by atoms with Gasteiger partial charge < -0.3 is 14.6 Å². The molecule has 0 aliphatic carbocycles. The van der Waals surface area contributed by atoms with Crippen molar-refractivity contribution in [2.24, 2.45) is 0 Å². The lowest BCUT2D eigenvalue weighted by Gasteiger charge is -2.28. The Labute approximate surface area is 117 Å². The van der Waals surface area contributed by atoms with Gasteiger partial charge in [0.1, 0.15) is 0 Å². The summed E-state index contributed by atoms with van der Waals surface area (Å²) in [6, 6.07) is 2.22. The van der Waals surface area contributed by atoms with Gasteiger partial charge in [-0.2, -0.15) is 4.98 Å². The lowest BCUT2D eigenvalue weighted by molar-refractivity contribution is 0.0516. The van der Waals surface area contributed by atoms with E-state index in [-0.39, 0.29) is 5.92 Å². The molecular formula is C14H18N4O2. The van der Waals surface area contributed by atoms with Gasteiger partial charge in [-0.15, -0.1) is 0 Å². The molecule has 1 N–H and O–H groups in total. The molecule has 1 aliphatic rings. The van der Waals surface area contributed by atoms with Gasteiger partial charge in [-0.3, -0.25) is 4.98 Å². The fourth-order valence-electron chi connectivity index (χ4n) is 2.55. The number of ether oxygens (including phenoxy) is 1. The normalized spacial score (nSPS) is 22.9. The minimum atomic E-state index is 0.108. The molecule has 2 aromatic heterocycles.